The van der Waals surface area contributed by atoms with Crippen molar-refractivity contribution in [2.75, 3.05) is 5.32 Å². The van der Waals surface area contributed by atoms with Crippen LogP contribution in [0.15, 0.2) is 42.7 Å². The van der Waals surface area contributed by atoms with Crippen LogP contribution in [0.4, 0.5) is 11.6 Å². The number of aromatic nitrogens is 4. The van der Waals surface area contributed by atoms with E-state index in [0.717, 1.165) is 27.7 Å². The predicted molar refractivity (Wildman–Crippen MR) is 102 cm³/mol. The fourth-order valence-electron chi connectivity index (χ4n) is 3.38. The van der Waals surface area contributed by atoms with Gasteiger partial charge in [0.2, 0.25) is 0 Å². The molecule has 3 heterocycles. The van der Waals surface area contributed by atoms with Crippen LogP contribution in [0.3, 0.4) is 0 Å². The van der Waals surface area contributed by atoms with E-state index < -0.39 is 5.97 Å². The minimum Gasteiger partial charge on any atom is -0.478 e. The van der Waals surface area contributed by atoms with Gasteiger partial charge in [-0.15, -0.1) is 0 Å². The molecule has 5 rings (SSSR count). The highest BCUT2D eigenvalue weighted by Gasteiger charge is 2.27. The number of fused-ring (bicyclic) bond motifs is 3. The number of carbonyl (C=O) groups is 1. The summed E-state index contributed by atoms with van der Waals surface area (Å²) >= 11 is 0. The van der Waals surface area contributed by atoms with Crippen molar-refractivity contribution < 1.29 is 9.90 Å². The maximum absolute atomic E-state index is 11.3. The highest BCUT2D eigenvalue weighted by atomic mass is 16.4. The largest absolute Gasteiger partial charge is 0.478 e. The molecule has 2 N–H and O–H groups in total. The van der Waals surface area contributed by atoms with Crippen LogP contribution >= 0.6 is 0 Å². The summed E-state index contributed by atoms with van der Waals surface area (Å²) in [4.78, 5) is 20.3. The van der Waals surface area contributed by atoms with E-state index in [2.05, 4.69) is 21.5 Å². The Morgan fingerprint density at radius 1 is 1.19 bits per heavy atom. The molecule has 1 aliphatic rings. The average molecular weight is 359 g/mol. The fraction of sp³-hybridized carbons (Fsp3) is 0.200. The smallest absolute Gasteiger partial charge is 0.335 e. The first-order chi connectivity index (χ1) is 13.1. The van der Waals surface area contributed by atoms with Crippen LogP contribution in [0.2, 0.25) is 0 Å². The van der Waals surface area contributed by atoms with Crippen molar-refractivity contribution in [3.8, 4) is 0 Å². The number of hydrogen-bond acceptors (Lipinski definition) is 5. The van der Waals surface area contributed by atoms with Crippen LogP contribution in [0, 0.1) is 0 Å². The summed E-state index contributed by atoms with van der Waals surface area (Å²) in [5.74, 6) is 1.11. The Morgan fingerprint density at radius 3 is 2.81 bits per heavy atom. The van der Waals surface area contributed by atoms with Crippen LogP contribution in [0.5, 0.6) is 0 Å². The van der Waals surface area contributed by atoms with E-state index >= 15 is 0 Å². The van der Waals surface area contributed by atoms with E-state index in [-0.39, 0.29) is 5.56 Å². The van der Waals surface area contributed by atoms with E-state index in [1.165, 1.54) is 12.8 Å². The first-order valence-electron chi connectivity index (χ1n) is 8.82. The molecule has 0 bridgehead atoms. The molecule has 1 aromatic carbocycles. The SMILES string of the molecule is Cn1nc(C2CC2)cc1Nc1nc2cc(C(=O)O)ccc2c2cnccc12. The summed E-state index contributed by atoms with van der Waals surface area (Å²) in [6.45, 7) is 0. The minimum atomic E-state index is -0.972. The molecule has 0 atom stereocenters. The van der Waals surface area contributed by atoms with Gasteiger partial charge in [-0.3, -0.25) is 9.67 Å². The Bertz CT molecular complexity index is 1210. The van der Waals surface area contributed by atoms with E-state index in [1.807, 2.05) is 17.8 Å². The van der Waals surface area contributed by atoms with E-state index in [4.69, 9.17) is 4.98 Å². The van der Waals surface area contributed by atoms with Crippen LogP contribution < -0.4 is 5.32 Å². The zero-order chi connectivity index (χ0) is 18.5. The first kappa shape index (κ1) is 15.7. The second-order valence-corrected chi connectivity index (χ2v) is 6.90. The summed E-state index contributed by atoms with van der Waals surface area (Å²) in [6, 6.07) is 8.94. The number of benzene rings is 1. The van der Waals surface area contributed by atoms with Crippen LogP contribution in [0.25, 0.3) is 21.7 Å². The van der Waals surface area contributed by atoms with Gasteiger partial charge >= 0.3 is 5.97 Å². The summed E-state index contributed by atoms with van der Waals surface area (Å²) in [5, 5.41) is 20.0. The molecule has 0 amide bonds. The lowest BCUT2D eigenvalue weighted by molar-refractivity contribution is 0.0697. The second kappa shape index (κ2) is 5.77. The van der Waals surface area contributed by atoms with Gasteiger partial charge in [-0.2, -0.15) is 5.10 Å². The van der Waals surface area contributed by atoms with Gasteiger partial charge in [0.1, 0.15) is 11.6 Å². The number of aromatic carboxylic acids is 1. The van der Waals surface area contributed by atoms with Gasteiger partial charge in [0.25, 0.3) is 0 Å². The molecule has 0 unspecified atom stereocenters. The van der Waals surface area contributed by atoms with Gasteiger partial charge in [0, 0.05) is 47.6 Å². The lowest BCUT2D eigenvalue weighted by Crippen LogP contribution is -2.02. The average Bonchev–Trinajstić information content (AvgIpc) is 3.46. The molecule has 7 heteroatoms. The molecule has 3 aromatic heterocycles. The molecule has 7 nitrogen and oxygen atoms in total. The maximum atomic E-state index is 11.3. The lowest BCUT2D eigenvalue weighted by Gasteiger charge is -2.11. The Morgan fingerprint density at radius 2 is 2.04 bits per heavy atom. The van der Waals surface area contributed by atoms with Crippen LogP contribution in [0.1, 0.15) is 34.8 Å². The summed E-state index contributed by atoms with van der Waals surface area (Å²) in [7, 11) is 1.90. The predicted octanol–water partition coefficient (Wildman–Crippen LogP) is 3.84. The Balaban J connectivity index is 1.68. The van der Waals surface area contributed by atoms with Gasteiger partial charge in [-0.1, -0.05) is 6.07 Å². The number of rotatable bonds is 4. The third-order valence-corrected chi connectivity index (χ3v) is 4.98. The zero-order valence-electron chi connectivity index (χ0n) is 14.7. The summed E-state index contributed by atoms with van der Waals surface area (Å²) in [5.41, 5.74) is 1.92. The highest BCUT2D eigenvalue weighted by Crippen LogP contribution is 2.40. The van der Waals surface area contributed by atoms with Gasteiger partial charge in [-0.05, 0) is 31.0 Å². The number of aryl methyl sites for hydroxylation is 1. The van der Waals surface area contributed by atoms with Crippen molar-refractivity contribution in [1.29, 1.82) is 0 Å². The number of nitrogens with one attached hydrogen (secondary N) is 1. The lowest BCUT2D eigenvalue weighted by atomic mass is 10.1. The van der Waals surface area contributed by atoms with Crippen LogP contribution in [-0.2, 0) is 7.05 Å². The molecule has 0 saturated heterocycles. The zero-order valence-corrected chi connectivity index (χ0v) is 14.7. The Labute approximate surface area is 154 Å². The third-order valence-electron chi connectivity index (χ3n) is 4.98. The van der Waals surface area contributed by atoms with E-state index in [0.29, 0.717) is 17.3 Å². The molecule has 4 aromatic rings. The summed E-state index contributed by atoms with van der Waals surface area (Å²) in [6.07, 6.45) is 5.89. The van der Waals surface area contributed by atoms with Gasteiger partial charge in [0.15, 0.2) is 0 Å². The number of carboxylic acids is 1. The number of pyridine rings is 2. The molecule has 1 aliphatic carbocycles. The van der Waals surface area contributed by atoms with E-state index in [1.54, 1.807) is 30.6 Å². The Kier molecular flexibility index (Phi) is 3.36. The van der Waals surface area contributed by atoms with Gasteiger partial charge in [0.05, 0.1) is 16.8 Å². The Hall–Kier alpha value is -3.48. The third kappa shape index (κ3) is 2.68. The van der Waals surface area contributed by atoms with Gasteiger partial charge in [-0.25, -0.2) is 9.78 Å². The molecule has 0 spiro atoms. The quantitative estimate of drug-likeness (QED) is 0.538. The van der Waals surface area contributed by atoms with Crippen molar-refractivity contribution in [2.24, 2.45) is 7.05 Å². The molecule has 27 heavy (non-hydrogen) atoms. The van der Waals surface area contributed by atoms with Crippen LogP contribution in [-0.4, -0.2) is 30.8 Å². The molecule has 0 aliphatic heterocycles. The minimum absolute atomic E-state index is 0.209. The molecular weight excluding hydrogens is 342 g/mol. The topological polar surface area (TPSA) is 92.9 Å². The van der Waals surface area contributed by atoms with Crippen molar-refractivity contribution in [3.63, 3.8) is 0 Å². The summed E-state index contributed by atoms with van der Waals surface area (Å²) < 4.78 is 1.82. The second-order valence-electron chi connectivity index (χ2n) is 6.90. The van der Waals surface area contributed by atoms with Crippen molar-refractivity contribution in [2.45, 2.75) is 18.8 Å². The van der Waals surface area contributed by atoms with Gasteiger partial charge < -0.3 is 10.4 Å². The molecule has 1 saturated carbocycles. The standard InChI is InChI=1S/C20H17N5O2/c1-25-18(9-16(24-25)11-2-3-11)23-19-14-6-7-21-10-15(14)13-5-4-12(20(26)27)8-17(13)22-19/h4-11H,2-3H2,1H3,(H,22,23)(H,26,27). The van der Waals surface area contributed by atoms with Crippen molar-refractivity contribution in [1.82, 2.24) is 19.7 Å². The molecule has 1 fully saturated rings. The fourth-order valence-corrected chi connectivity index (χ4v) is 3.38. The molecule has 0 radical (unpaired) electrons. The monoisotopic (exact) mass is 359 g/mol. The molecular formula is C20H17N5O2. The first-order valence-corrected chi connectivity index (χ1v) is 8.82. The number of hydrogen-bond donors (Lipinski definition) is 2. The van der Waals surface area contributed by atoms with Crippen molar-refractivity contribution in [3.05, 3.63) is 54.0 Å². The van der Waals surface area contributed by atoms with E-state index in [9.17, 15) is 9.90 Å². The number of nitrogens with zero attached hydrogens (tertiary/aromatic N) is 4. The normalized spacial score (nSPS) is 14.0. The van der Waals surface area contributed by atoms with Crippen molar-refractivity contribution >= 4 is 39.3 Å². The number of anilines is 2. The number of carboxylic acid groups (broad SMARTS) is 1. The maximum Gasteiger partial charge on any atom is 0.335 e. The molecule has 134 valence electrons. The highest BCUT2D eigenvalue weighted by molar-refractivity contribution is 6.11.